The summed E-state index contributed by atoms with van der Waals surface area (Å²) in [7, 11) is -3.68. The summed E-state index contributed by atoms with van der Waals surface area (Å²) in [5.41, 5.74) is 0. The summed E-state index contributed by atoms with van der Waals surface area (Å²) >= 11 is 3.11. The number of benzene rings is 1. The van der Waals surface area contributed by atoms with Crippen LogP contribution < -0.4 is 5.32 Å². The maximum Gasteiger partial charge on any atom is 0.244 e. The number of nitrogens with zero attached hydrogens (tertiary/aromatic N) is 2. The lowest BCUT2D eigenvalue weighted by molar-refractivity contribution is -0.122. The van der Waals surface area contributed by atoms with Crippen LogP contribution in [0.2, 0.25) is 0 Å². The van der Waals surface area contributed by atoms with Crippen LogP contribution in [0, 0.1) is 5.82 Å². The second kappa shape index (κ2) is 7.07. The lowest BCUT2D eigenvalue weighted by Gasteiger charge is -2.33. The molecule has 1 amide bonds. The number of carbonyl (C=O) groups excluding carboxylic acids is 1. The fourth-order valence-corrected chi connectivity index (χ4v) is 5.09. The Morgan fingerprint density at radius 1 is 1.25 bits per heavy atom. The van der Waals surface area contributed by atoms with Crippen LogP contribution in [0.3, 0.4) is 0 Å². The molecule has 24 heavy (non-hydrogen) atoms. The molecule has 1 heterocycles. The zero-order chi connectivity index (χ0) is 17.3. The van der Waals surface area contributed by atoms with Gasteiger partial charge in [-0.3, -0.25) is 9.69 Å². The molecular formula is C15H19BrFN3O3S. The highest BCUT2D eigenvalue weighted by molar-refractivity contribution is 9.10. The van der Waals surface area contributed by atoms with E-state index in [2.05, 4.69) is 21.2 Å². The van der Waals surface area contributed by atoms with Crippen molar-refractivity contribution in [2.75, 3.05) is 32.7 Å². The average Bonchev–Trinajstić information content (AvgIpc) is 3.31. The normalized spacial score (nSPS) is 20.1. The summed E-state index contributed by atoms with van der Waals surface area (Å²) in [6, 6.07) is 3.88. The van der Waals surface area contributed by atoms with Crippen molar-refractivity contribution in [2.24, 2.45) is 0 Å². The van der Waals surface area contributed by atoms with Crippen molar-refractivity contribution in [3.05, 3.63) is 28.5 Å². The van der Waals surface area contributed by atoms with E-state index in [1.807, 2.05) is 4.90 Å². The fraction of sp³-hybridized carbons (Fsp3) is 0.533. The van der Waals surface area contributed by atoms with Gasteiger partial charge in [0, 0.05) is 36.7 Å². The maximum atomic E-state index is 13.2. The summed E-state index contributed by atoms with van der Waals surface area (Å²) in [4.78, 5) is 13.8. The first-order valence-corrected chi connectivity index (χ1v) is 10.1. The number of hydrogen-bond donors (Lipinski definition) is 1. The molecule has 1 aliphatic heterocycles. The van der Waals surface area contributed by atoms with E-state index in [1.165, 1.54) is 10.4 Å². The molecule has 0 spiro atoms. The second-order valence-corrected chi connectivity index (χ2v) is 8.86. The van der Waals surface area contributed by atoms with Crippen molar-refractivity contribution in [3.63, 3.8) is 0 Å². The minimum atomic E-state index is -3.68. The smallest absolute Gasteiger partial charge is 0.244 e. The Morgan fingerprint density at radius 2 is 1.92 bits per heavy atom. The summed E-state index contributed by atoms with van der Waals surface area (Å²) in [5, 5.41) is 2.93. The van der Waals surface area contributed by atoms with Crippen molar-refractivity contribution in [1.82, 2.24) is 14.5 Å². The molecule has 2 fully saturated rings. The maximum absolute atomic E-state index is 13.2. The number of sulfonamides is 1. The van der Waals surface area contributed by atoms with Crippen molar-refractivity contribution >= 4 is 31.9 Å². The standard InChI is InChI=1S/C15H19BrFN3O3S/c16-13-9-11(17)1-4-14(13)24(22,23)20-7-5-19(6-8-20)10-15(21)18-12-2-3-12/h1,4,9,12H,2-3,5-8,10H2,(H,18,21). The number of piperazine rings is 1. The molecule has 0 unspecified atom stereocenters. The van der Waals surface area contributed by atoms with E-state index < -0.39 is 15.8 Å². The predicted octanol–water partition coefficient (Wildman–Crippen LogP) is 1.17. The third-order valence-corrected chi connectivity index (χ3v) is 7.03. The molecule has 6 nitrogen and oxygen atoms in total. The Kier molecular flexibility index (Phi) is 5.24. The van der Waals surface area contributed by atoms with Crippen LogP contribution in [0.5, 0.6) is 0 Å². The van der Waals surface area contributed by atoms with E-state index in [0.717, 1.165) is 25.0 Å². The molecule has 132 valence electrons. The minimum Gasteiger partial charge on any atom is -0.352 e. The van der Waals surface area contributed by atoms with Crippen LogP contribution in [0.1, 0.15) is 12.8 Å². The van der Waals surface area contributed by atoms with Gasteiger partial charge in [0.25, 0.3) is 0 Å². The van der Waals surface area contributed by atoms with Gasteiger partial charge in [-0.2, -0.15) is 4.31 Å². The number of halogens is 2. The minimum absolute atomic E-state index is 0.00455. The van der Waals surface area contributed by atoms with E-state index in [0.29, 0.717) is 38.8 Å². The van der Waals surface area contributed by atoms with Gasteiger partial charge in [0.2, 0.25) is 15.9 Å². The van der Waals surface area contributed by atoms with Gasteiger partial charge in [0.1, 0.15) is 5.82 Å². The molecule has 2 aliphatic rings. The third kappa shape index (κ3) is 4.14. The Hall–Kier alpha value is -1.03. The lowest BCUT2D eigenvalue weighted by Crippen LogP contribution is -2.51. The van der Waals surface area contributed by atoms with Crippen molar-refractivity contribution in [2.45, 2.75) is 23.8 Å². The lowest BCUT2D eigenvalue weighted by atomic mass is 10.3. The first kappa shape index (κ1) is 17.8. The molecule has 1 aromatic rings. The number of nitrogens with one attached hydrogen (secondary N) is 1. The van der Waals surface area contributed by atoms with E-state index in [9.17, 15) is 17.6 Å². The topological polar surface area (TPSA) is 69.7 Å². The summed E-state index contributed by atoms with van der Waals surface area (Å²) in [5.74, 6) is -0.498. The zero-order valence-electron chi connectivity index (χ0n) is 13.0. The highest BCUT2D eigenvalue weighted by Crippen LogP contribution is 2.26. The molecule has 3 rings (SSSR count). The predicted molar refractivity (Wildman–Crippen MR) is 90.5 cm³/mol. The quantitative estimate of drug-likeness (QED) is 0.777. The van der Waals surface area contributed by atoms with Crippen LogP contribution in [0.25, 0.3) is 0 Å². The molecular weight excluding hydrogens is 401 g/mol. The highest BCUT2D eigenvalue weighted by atomic mass is 79.9. The Balaban J connectivity index is 1.59. The van der Waals surface area contributed by atoms with Crippen molar-refractivity contribution < 1.29 is 17.6 Å². The van der Waals surface area contributed by atoms with Gasteiger partial charge in [-0.25, -0.2) is 12.8 Å². The molecule has 0 aromatic heterocycles. The number of hydrogen-bond acceptors (Lipinski definition) is 4. The van der Waals surface area contributed by atoms with Gasteiger partial charge in [-0.1, -0.05) is 0 Å². The fourth-order valence-electron chi connectivity index (χ4n) is 2.66. The second-order valence-electron chi connectivity index (χ2n) is 6.10. The summed E-state index contributed by atoms with van der Waals surface area (Å²) in [6.07, 6.45) is 2.09. The van der Waals surface area contributed by atoms with Crippen molar-refractivity contribution in [1.29, 1.82) is 0 Å². The van der Waals surface area contributed by atoms with Gasteiger partial charge in [-0.15, -0.1) is 0 Å². The number of amides is 1. The zero-order valence-corrected chi connectivity index (χ0v) is 15.4. The van der Waals surface area contributed by atoms with Crippen LogP contribution >= 0.6 is 15.9 Å². The van der Waals surface area contributed by atoms with E-state index in [-0.39, 0.29) is 15.3 Å². The van der Waals surface area contributed by atoms with Crippen LogP contribution in [-0.4, -0.2) is 62.3 Å². The molecule has 9 heteroatoms. The summed E-state index contributed by atoms with van der Waals surface area (Å²) < 4.78 is 40.1. The molecule has 1 aromatic carbocycles. The Labute approximate surface area is 149 Å². The largest absolute Gasteiger partial charge is 0.352 e. The Morgan fingerprint density at radius 3 is 2.50 bits per heavy atom. The van der Waals surface area contributed by atoms with Crippen LogP contribution in [-0.2, 0) is 14.8 Å². The van der Waals surface area contributed by atoms with E-state index >= 15 is 0 Å². The van der Waals surface area contributed by atoms with Gasteiger partial charge in [0.05, 0.1) is 11.4 Å². The number of carbonyl (C=O) groups is 1. The molecule has 1 aliphatic carbocycles. The van der Waals surface area contributed by atoms with Crippen LogP contribution in [0.4, 0.5) is 4.39 Å². The Bertz CT molecular complexity index is 731. The van der Waals surface area contributed by atoms with Crippen LogP contribution in [0.15, 0.2) is 27.6 Å². The summed E-state index contributed by atoms with van der Waals surface area (Å²) in [6.45, 7) is 1.91. The van der Waals surface area contributed by atoms with Gasteiger partial charge in [0.15, 0.2) is 0 Å². The monoisotopic (exact) mass is 419 g/mol. The SMILES string of the molecule is O=C(CN1CCN(S(=O)(=O)c2ccc(F)cc2Br)CC1)NC1CC1. The van der Waals surface area contributed by atoms with Gasteiger partial charge in [-0.05, 0) is 47.0 Å². The van der Waals surface area contributed by atoms with E-state index in [1.54, 1.807) is 0 Å². The molecule has 0 atom stereocenters. The van der Waals surface area contributed by atoms with Gasteiger partial charge >= 0.3 is 0 Å². The van der Waals surface area contributed by atoms with Crippen molar-refractivity contribution in [3.8, 4) is 0 Å². The average molecular weight is 420 g/mol. The molecule has 0 radical (unpaired) electrons. The third-order valence-electron chi connectivity index (χ3n) is 4.15. The first-order chi connectivity index (χ1) is 11.4. The van der Waals surface area contributed by atoms with E-state index in [4.69, 9.17) is 0 Å². The molecule has 1 N–H and O–H groups in total. The first-order valence-electron chi connectivity index (χ1n) is 7.83. The molecule has 1 saturated heterocycles. The number of rotatable bonds is 5. The highest BCUT2D eigenvalue weighted by Gasteiger charge is 2.31. The van der Waals surface area contributed by atoms with Gasteiger partial charge < -0.3 is 5.32 Å². The molecule has 1 saturated carbocycles. The molecule has 0 bridgehead atoms.